The van der Waals surface area contributed by atoms with Crippen LogP contribution in [-0.4, -0.2) is 17.2 Å². The summed E-state index contributed by atoms with van der Waals surface area (Å²) in [7, 11) is 0. The van der Waals surface area contributed by atoms with Crippen LogP contribution < -0.4 is 10.6 Å². The molecule has 1 unspecified atom stereocenters. The normalized spacial score (nSPS) is 18.5. The van der Waals surface area contributed by atoms with E-state index in [-0.39, 0.29) is 0 Å². The van der Waals surface area contributed by atoms with E-state index in [1.807, 2.05) is 0 Å². The van der Waals surface area contributed by atoms with Gasteiger partial charge in [0.2, 0.25) is 0 Å². The van der Waals surface area contributed by atoms with Crippen molar-refractivity contribution in [3.05, 3.63) is 0 Å². The molecule has 0 bridgehead atoms. The van der Waals surface area contributed by atoms with E-state index in [0.717, 1.165) is 5.11 Å². The number of thiocarbonyl (C=S) groups is 1. The van der Waals surface area contributed by atoms with Gasteiger partial charge >= 0.3 is 0 Å². The van der Waals surface area contributed by atoms with Gasteiger partial charge < -0.3 is 10.6 Å². The largest absolute Gasteiger partial charge is 0.360 e. The van der Waals surface area contributed by atoms with Crippen LogP contribution in [0, 0.1) is 0 Å². The molecular weight excluding hydrogens is 168 g/mol. The Hall–Kier alpha value is -0.310. The van der Waals surface area contributed by atoms with E-state index in [0.29, 0.717) is 12.1 Å². The quantitative estimate of drug-likeness (QED) is 0.655. The van der Waals surface area contributed by atoms with Crippen LogP contribution in [0.5, 0.6) is 0 Å². The van der Waals surface area contributed by atoms with Crippen molar-refractivity contribution in [2.24, 2.45) is 0 Å². The number of nitrogens with one attached hydrogen (secondary N) is 2. The monoisotopic (exact) mass is 186 g/mol. The molecule has 1 fully saturated rings. The maximum Gasteiger partial charge on any atom is 0.166 e. The fourth-order valence-corrected chi connectivity index (χ4v) is 1.55. The van der Waals surface area contributed by atoms with Gasteiger partial charge in [-0.25, -0.2) is 0 Å². The highest BCUT2D eigenvalue weighted by Crippen LogP contribution is 2.18. The van der Waals surface area contributed by atoms with Crippen LogP contribution in [0.25, 0.3) is 0 Å². The SMILES string of the molecule is CCCC(C)NC(=S)NC1CC1. The van der Waals surface area contributed by atoms with Gasteiger partial charge in [-0.2, -0.15) is 0 Å². The van der Waals surface area contributed by atoms with Crippen LogP contribution in [-0.2, 0) is 0 Å². The molecule has 0 saturated heterocycles. The van der Waals surface area contributed by atoms with Crippen LogP contribution >= 0.6 is 12.2 Å². The zero-order valence-corrected chi connectivity index (χ0v) is 8.71. The van der Waals surface area contributed by atoms with Crippen molar-refractivity contribution < 1.29 is 0 Å². The lowest BCUT2D eigenvalue weighted by atomic mass is 10.2. The Morgan fingerprint density at radius 1 is 1.58 bits per heavy atom. The second-order valence-electron chi connectivity index (χ2n) is 3.58. The van der Waals surface area contributed by atoms with Gasteiger partial charge in [0.25, 0.3) is 0 Å². The van der Waals surface area contributed by atoms with Crippen LogP contribution in [0.3, 0.4) is 0 Å². The van der Waals surface area contributed by atoms with Gasteiger partial charge in [-0.05, 0) is 38.4 Å². The molecule has 12 heavy (non-hydrogen) atoms. The first kappa shape index (κ1) is 9.78. The average molecular weight is 186 g/mol. The Bertz CT molecular complexity index is 155. The standard InChI is InChI=1S/C9H18N2S/c1-3-4-7(2)10-9(12)11-8-5-6-8/h7-8H,3-6H2,1-2H3,(H2,10,11,12). The van der Waals surface area contributed by atoms with Crippen LogP contribution in [0.4, 0.5) is 0 Å². The number of hydrogen-bond acceptors (Lipinski definition) is 1. The van der Waals surface area contributed by atoms with Gasteiger partial charge in [-0.1, -0.05) is 13.3 Å². The van der Waals surface area contributed by atoms with Crippen LogP contribution in [0.1, 0.15) is 39.5 Å². The molecule has 0 amide bonds. The van der Waals surface area contributed by atoms with Crippen molar-refractivity contribution in [2.75, 3.05) is 0 Å². The molecule has 0 heterocycles. The minimum atomic E-state index is 0.508. The molecular formula is C9H18N2S. The summed E-state index contributed by atoms with van der Waals surface area (Å²) in [5.74, 6) is 0. The fraction of sp³-hybridized carbons (Fsp3) is 0.889. The molecule has 0 aliphatic heterocycles. The predicted octanol–water partition coefficient (Wildman–Crippen LogP) is 1.80. The maximum atomic E-state index is 5.14. The molecule has 0 aromatic carbocycles. The van der Waals surface area contributed by atoms with Crippen molar-refractivity contribution in [2.45, 2.75) is 51.6 Å². The minimum Gasteiger partial charge on any atom is -0.360 e. The third kappa shape index (κ3) is 3.90. The molecule has 1 aliphatic rings. The molecule has 0 spiro atoms. The topological polar surface area (TPSA) is 24.1 Å². The van der Waals surface area contributed by atoms with E-state index in [9.17, 15) is 0 Å². The first-order chi connectivity index (χ1) is 5.72. The molecule has 2 nitrogen and oxygen atoms in total. The first-order valence-corrected chi connectivity index (χ1v) is 5.20. The van der Waals surface area contributed by atoms with Crippen molar-refractivity contribution in [1.29, 1.82) is 0 Å². The second kappa shape index (κ2) is 4.65. The summed E-state index contributed by atoms with van der Waals surface area (Å²) < 4.78 is 0. The fourth-order valence-electron chi connectivity index (χ4n) is 1.18. The van der Waals surface area contributed by atoms with Crippen molar-refractivity contribution in [1.82, 2.24) is 10.6 Å². The summed E-state index contributed by atoms with van der Waals surface area (Å²) in [5.41, 5.74) is 0. The van der Waals surface area contributed by atoms with Crippen molar-refractivity contribution in [3.63, 3.8) is 0 Å². The summed E-state index contributed by atoms with van der Waals surface area (Å²) in [4.78, 5) is 0. The lowest BCUT2D eigenvalue weighted by Crippen LogP contribution is -2.41. The molecule has 1 atom stereocenters. The summed E-state index contributed by atoms with van der Waals surface area (Å²) >= 11 is 5.14. The summed E-state index contributed by atoms with van der Waals surface area (Å²) in [6.45, 7) is 4.36. The Kier molecular flexibility index (Phi) is 3.79. The van der Waals surface area contributed by atoms with E-state index in [4.69, 9.17) is 12.2 Å². The van der Waals surface area contributed by atoms with Gasteiger partial charge in [0, 0.05) is 12.1 Å². The molecule has 70 valence electrons. The molecule has 0 radical (unpaired) electrons. The Morgan fingerprint density at radius 3 is 2.75 bits per heavy atom. The van der Waals surface area contributed by atoms with Gasteiger partial charge in [0.05, 0.1) is 0 Å². The highest BCUT2D eigenvalue weighted by Gasteiger charge is 2.21. The zero-order chi connectivity index (χ0) is 8.97. The van der Waals surface area contributed by atoms with E-state index in [2.05, 4.69) is 24.5 Å². The zero-order valence-electron chi connectivity index (χ0n) is 7.89. The predicted molar refractivity (Wildman–Crippen MR) is 56.3 cm³/mol. The van der Waals surface area contributed by atoms with Gasteiger partial charge in [0.1, 0.15) is 0 Å². The molecule has 1 saturated carbocycles. The lowest BCUT2D eigenvalue weighted by Gasteiger charge is -2.15. The van der Waals surface area contributed by atoms with E-state index in [1.54, 1.807) is 0 Å². The van der Waals surface area contributed by atoms with Crippen LogP contribution in [0.2, 0.25) is 0 Å². The molecule has 1 aliphatic carbocycles. The molecule has 1 rings (SSSR count). The van der Waals surface area contributed by atoms with E-state index in [1.165, 1.54) is 25.7 Å². The summed E-state index contributed by atoms with van der Waals surface area (Å²) in [6.07, 6.45) is 4.96. The average Bonchev–Trinajstić information content (AvgIpc) is 2.71. The molecule has 3 heteroatoms. The second-order valence-corrected chi connectivity index (χ2v) is 3.99. The summed E-state index contributed by atoms with van der Waals surface area (Å²) in [6, 6.07) is 1.17. The highest BCUT2D eigenvalue weighted by molar-refractivity contribution is 7.80. The van der Waals surface area contributed by atoms with Gasteiger partial charge in [0.15, 0.2) is 5.11 Å². The van der Waals surface area contributed by atoms with E-state index >= 15 is 0 Å². The van der Waals surface area contributed by atoms with Crippen molar-refractivity contribution >= 4 is 17.3 Å². The van der Waals surface area contributed by atoms with Crippen LogP contribution in [0.15, 0.2) is 0 Å². The Labute approximate surface area is 80.1 Å². The molecule has 0 aromatic heterocycles. The third-order valence-electron chi connectivity index (χ3n) is 2.01. The molecule has 2 N–H and O–H groups in total. The smallest absolute Gasteiger partial charge is 0.166 e. The van der Waals surface area contributed by atoms with E-state index < -0.39 is 0 Å². The highest BCUT2D eigenvalue weighted by atomic mass is 32.1. The Morgan fingerprint density at radius 2 is 2.25 bits per heavy atom. The number of rotatable bonds is 4. The van der Waals surface area contributed by atoms with Gasteiger partial charge in [-0.15, -0.1) is 0 Å². The van der Waals surface area contributed by atoms with Gasteiger partial charge in [-0.3, -0.25) is 0 Å². The lowest BCUT2D eigenvalue weighted by molar-refractivity contribution is 0.590. The molecule has 0 aromatic rings. The summed E-state index contributed by atoms with van der Waals surface area (Å²) in [5, 5.41) is 7.37. The number of hydrogen-bond donors (Lipinski definition) is 2. The van der Waals surface area contributed by atoms with Crippen molar-refractivity contribution in [3.8, 4) is 0 Å². The Balaban J connectivity index is 2.06. The maximum absolute atomic E-state index is 5.14. The minimum absolute atomic E-state index is 0.508. The first-order valence-electron chi connectivity index (χ1n) is 4.79. The third-order valence-corrected chi connectivity index (χ3v) is 2.25.